The number of carboxylic acid groups (broad SMARTS) is 2. The molecular formula is C35H44CoN2O7. The van der Waals surface area contributed by atoms with Crippen LogP contribution in [0.25, 0.3) is 0 Å². The van der Waals surface area contributed by atoms with Crippen molar-refractivity contribution in [3.63, 3.8) is 0 Å². The Morgan fingerprint density at radius 3 is 1.51 bits per heavy atom. The number of nitrogens with zero attached hydrogens (tertiary/aromatic N) is 2. The van der Waals surface area contributed by atoms with Gasteiger partial charge in [0.05, 0.1) is 18.5 Å². The van der Waals surface area contributed by atoms with E-state index in [4.69, 9.17) is 24.5 Å². The molecule has 10 heteroatoms. The molecule has 0 saturated carbocycles. The van der Waals surface area contributed by atoms with Crippen molar-refractivity contribution in [1.82, 2.24) is 0 Å². The molecule has 3 aromatic rings. The molecule has 0 heterocycles. The van der Waals surface area contributed by atoms with Gasteiger partial charge < -0.3 is 34.8 Å². The number of aromatic hydroxyl groups is 2. The number of phenolic OH excluding ortho intramolecular Hbond substituents is 2. The van der Waals surface area contributed by atoms with Crippen LogP contribution in [0.2, 0.25) is 0 Å². The third-order valence-corrected chi connectivity index (χ3v) is 6.94. The number of hydrogen-bond acceptors (Lipinski definition) is 9. The third kappa shape index (κ3) is 13.6. The largest absolute Gasteiger partial charge is 2.00 e. The van der Waals surface area contributed by atoms with Crippen molar-refractivity contribution in [2.45, 2.75) is 80.1 Å². The Bertz CT molecular complexity index is 1470. The van der Waals surface area contributed by atoms with Gasteiger partial charge in [0.1, 0.15) is 17.2 Å². The molecule has 0 spiro atoms. The maximum absolute atomic E-state index is 10.7. The molecular weight excluding hydrogens is 619 g/mol. The molecule has 0 aliphatic carbocycles. The Labute approximate surface area is 276 Å². The zero-order chi connectivity index (χ0) is 33.6. The fourth-order valence-corrected chi connectivity index (χ4v) is 4.03. The second-order valence-corrected chi connectivity index (χ2v) is 10.5. The van der Waals surface area contributed by atoms with Crippen molar-refractivity contribution in [2.24, 2.45) is 9.98 Å². The Morgan fingerprint density at radius 1 is 0.778 bits per heavy atom. The van der Waals surface area contributed by atoms with E-state index in [1.165, 1.54) is 11.1 Å². The molecule has 0 fully saturated rings. The van der Waals surface area contributed by atoms with Gasteiger partial charge in [-0.1, -0.05) is 39.8 Å². The van der Waals surface area contributed by atoms with Gasteiger partial charge in [0.15, 0.2) is 0 Å². The first-order valence-electron chi connectivity index (χ1n) is 14.4. The summed E-state index contributed by atoms with van der Waals surface area (Å²) in [5.41, 5.74) is 6.57. The molecule has 0 amide bonds. The number of aliphatic imine (C=N–C) groups is 2. The maximum atomic E-state index is 10.7. The van der Waals surface area contributed by atoms with Gasteiger partial charge in [0.25, 0.3) is 0 Å². The number of carbonyl (C=O) groups excluding carboxylic acids is 2. The molecule has 0 aliphatic heterocycles. The molecule has 3 rings (SSSR count). The summed E-state index contributed by atoms with van der Waals surface area (Å²) in [5.74, 6) is -0.282. The number of aryl methyl sites for hydroxylation is 2. The van der Waals surface area contributed by atoms with E-state index in [1.807, 2.05) is 56.3 Å². The first-order chi connectivity index (χ1) is 20.6. The number of benzene rings is 3. The standard InChI is InChI=1S/C31H38N2O3.2C2H4O2.Co/c1-8-19(3)23-12-21(5)30(34)25(14-23)17-32-28-11-10-27(36-7)16-29(28)33-18-26-15-24(20(4)9-2)13-22(6)31(26)35;2*1-2(3)4;/h10-20,34-35H,8-9H2,1-7H3;2*1H3,(H,3,4);/q;;;+2/p-2. The molecule has 0 aromatic heterocycles. The molecule has 245 valence electrons. The van der Waals surface area contributed by atoms with Gasteiger partial charge >= 0.3 is 16.8 Å². The molecule has 2 atom stereocenters. The SMILES string of the molecule is CC(=O)[O-].CC(=O)[O-].CCC(C)c1cc(C)c(O)c(C=Nc2ccc(OC)cc2N=Cc2cc(C(C)CC)cc(C)c2O)c1.[Co+2]. The van der Waals surface area contributed by atoms with Crippen LogP contribution in [0.15, 0.2) is 52.4 Å². The number of phenols is 2. The quantitative estimate of drug-likeness (QED) is 0.276. The minimum atomic E-state index is -1.08. The molecule has 2 unspecified atom stereocenters. The normalized spacial score (nSPS) is 11.8. The Balaban J connectivity index is 0.00000192. The van der Waals surface area contributed by atoms with Crippen molar-refractivity contribution in [2.75, 3.05) is 7.11 Å². The molecule has 1 radical (unpaired) electrons. The summed E-state index contributed by atoms with van der Waals surface area (Å²) in [6.07, 6.45) is 5.39. The van der Waals surface area contributed by atoms with Crippen LogP contribution in [-0.4, -0.2) is 41.7 Å². The van der Waals surface area contributed by atoms with E-state index in [0.717, 1.165) is 37.8 Å². The van der Waals surface area contributed by atoms with Gasteiger partial charge in [-0.25, -0.2) is 0 Å². The minimum Gasteiger partial charge on any atom is -0.550 e. The second kappa shape index (κ2) is 20.0. The van der Waals surface area contributed by atoms with Gasteiger partial charge in [-0.3, -0.25) is 9.98 Å². The summed E-state index contributed by atoms with van der Waals surface area (Å²) in [7, 11) is 1.61. The van der Waals surface area contributed by atoms with E-state index >= 15 is 0 Å². The van der Waals surface area contributed by atoms with E-state index in [9.17, 15) is 10.2 Å². The number of carbonyl (C=O) groups is 2. The van der Waals surface area contributed by atoms with Crippen LogP contribution >= 0.6 is 0 Å². The Kier molecular flexibility index (Phi) is 18.1. The summed E-state index contributed by atoms with van der Waals surface area (Å²) in [5, 5.41) is 39.1. The van der Waals surface area contributed by atoms with Gasteiger partial charge in [0.2, 0.25) is 0 Å². The van der Waals surface area contributed by atoms with Crippen LogP contribution < -0.4 is 14.9 Å². The number of carboxylic acids is 2. The van der Waals surface area contributed by atoms with E-state index < -0.39 is 11.9 Å². The molecule has 2 N–H and O–H groups in total. The van der Waals surface area contributed by atoms with Crippen LogP contribution in [0.1, 0.15) is 99.6 Å². The maximum Gasteiger partial charge on any atom is 2.00 e. The monoisotopic (exact) mass is 663 g/mol. The average Bonchev–Trinajstić information content (AvgIpc) is 2.97. The molecule has 0 saturated heterocycles. The summed E-state index contributed by atoms with van der Waals surface area (Å²) >= 11 is 0. The van der Waals surface area contributed by atoms with Crippen LogP contribution in [-0.2, 0) is 26.4 Å². The molecule has 0 bridgehead atoms. The van der Waals surface area contributed by atoms with Gasteiger partial charge in [0, 0.05) is 41.6 Å². The van der Waals surface area contributed by atoms with Gasteiger partial charge in [-0.05, 0) is 98.9 Å². The molecule has 45 heavy (non-hydrogen) atoms. The number of hydrogen-bond donors (Lipinski definition) is 2. The minimum absolute atomic E-state index is 0. The first kappa shape index (κ1) is 40.8. The van der Waals surface area contributed by atoms with Crippen LogP contribution in [0.5, 0.6) is 17.2 Å². The van der Waals surface area contributed by atoms with E-state index in [-0.39, 0.29) is 28.3 Å². The summed E-state index contributed by atoms with van der Waals surface area (Å²) in [4.78, 5) is 27.1. The summed E-state index contributed by atoms with van der Waals surface area (Å²) in [6, 6.07) is 13.5. The van der Waals surface area contributed by atoms with Crippen LogP contribution in [0, 0.1) is 13.8 Å². The first-order valence-corrected chi connectivity index (χ1v) is 14.4. The number of ether oxygens (including phenoxy) is 1. The van der Waals surface area contributed by atoms with Gasteiger partial charge in [-0.2, -0.15) is 0 Å². The van der Waals surface area contributed by atoms with Crippen molar-refractivity contribution >= 4 is 35.7 Å². The fraction of sp³-hybridized carbons (Fsp3) is 0.371. The average molecular weight is 664 g/mol. The van der Waals surface area contributed by atoms with Crippen molar-refractivity contribution in [3.05, 3.63) is 75.8 Å². The zero-order valence-electron chi connectivity index (χ0n) is 27.4. The van der Waals surface area contributed by atoms with Crippen LogP contribution in [0.4, 0.5) is 11.4 Å². The molecule has 9 nitrogen and oxygen atoms in total. The van der Waals surface area contributed by atoms with Crippen LogP contribution in [0.3, 0.4) is 0 Å². The third-order valence-electron chi connectivity index (χ3n) is 6.94. The van der Waals surface area contributed by atoms with E-state index in [0.29, 0.717) is 40.1 Å². The predicted octanol–water partition coefficient (Wildman–Crippen LogP) is 5.76. The predicted molar refractivity (Wildman–Crippen MR) is 172 cm³/mol. The van der Waals surface area contributed by atoms with Crippen molar-refractivity contribution in [3.8, 4) is 17.2 Å². The summed E-state index contributed by atoms with van der Waals surface area (Å²) < 4.78 is 5.41. The smallest absolute Gasteiger partial charge is 0.550 e. The number of methoxy groups -OCH3 is 1. The fourth-order valence-electron chi connectivity index (χ4n) is 4.03. The topological polar surface area (TPSA) is 155 Å². The Morgan fingerprint density at radius 2 is 1.16 bits per heavy atom. The van der Waals surface area contributed by atoms with Gasteiger partial charge in [-0.15, -0.1) is 0 Å². The molecule has 3 aromatic carbocycles. The zero-order valence-corrected chi connectivity index (χ0v) is 28.5. The van der Waals surface area contributed by atoms with E-state index in [2.05, 4.69) is 37.7 Å². The Hall–Kier alpha value is -4.15. The van der Waals surface area contributed by atoms with Crippen molar-refractivity contribution < 1.29 is 51.5 Å². The molecule has 0 aliphatic rings. The summed E-state index contributed by atoms with van der Waals surface area (Å²) in [6.45, 7) is 14.4. The van der Waals surface area contributed by atoms with Crippen molar-refractivity contribution in [1.29, 1.82) is 0 Å². The number of aliphatic carboxylic acids is 2. The van der Waals surface area contributed by atoms with E-state index in [1.54, 1.807) is 19.5 Å². The number of rotatable bonds is 9. The second-order valence-electron chi connectivity index (χ2n) is 10.5.